The van der Waals surface area contributed by atoms with Gasteiger partial charge < -0.3 is 5.32 Å². The van der Waals surface area contributed by atoms with Crippen molar-refractivity contribution in [3.05, 3.63) is 22.8 Å². The van der Waals surface area contributed by atoms with Gasteiger partial charge in [-0.25, -0.2) is 4.98 Å². The summed E-state index contributed by atoms with van der Waals surface area (Å²) in [6, 6.07) is 4.00. The fourth-order valence-corrected chi connectivity index (χ4v) is 2.22. The van der Waals surface area contributed by atoms with Gasteiger partial charge in [0.25, 0.3) is 0 Å². The molecule has 16 heavy (non-hydrogen) atoms. The molecule has 0 aromatic carbocycles. The number of pyridine rings is 1. The van der Waals surface area contributed by atoms with Gasteiger partial charge in [-0.3, -0.25) is 0 Å². The Morgan fingerprint density at radius 1 is 1.38 bits per heavy atom. The number of hydrogen-bond acceptors (Lipinski definition) is 2. The van der Waals surface area contributed by atoms with Crippen LogP contribution < -0.4 is 5.32 Å². The third-order valence-electron chi connectivity index (χ3n) is 2.44. The predicted octanol–water partition coefficient (Wildman–Crippen LogP) is 4.33. The zero-order valence-corrected chi connectivity index (χ0v) is 12.1. The van der Waals surface area contributed by atoms with Gasteiger partial charge in [-0.05, 0) is 45.8 Å². The van der Waals surface area contributed by atoms with E-state index in [2.05, 4.69) is 53.9 Å². The lowest BCUT2D eigenvalue weighted by atomic mass is 9.84. The normalized spacial score (nSPS) is 11.9. The minimum absolute atomic E-state index is 0.308. The van der Waals surface area contributed by atoms with E-state index in [0.29, 0.717) is 5.41 Å². The molecule has 0 atom stereocenters. The van der Waals surface area contributed by atoms with Crippen molar-refractivity contribution in [1.82, 2.24) is 4.98 Å². The molecule has 0 aliphatic rings. The van der Waals surface area contributed by atoms with Crippen molar-refractivity contribution in [3.63, 3.8) is 0 Å². The molecular weight excluding hydrogens is 264 g/mol. The average Bonchev–Trinajstić information content (AvgIpc) is 2.15. The maximum absolute atomic E-state index is 4.30. The van der Waals surface area contributed by atoms with Gasteiger partial charge >= 0.3 is 0 Å². The van der Waals surface area contributed by atoms with Gasteiger partial charge in [-0.15, -0.1) is 0 Å². The van der Waals surface area contributed by atoms with E-state index < -0.39 is 0 Å². The molecule has 1 rings (SSSR count). The Morgan fingerprint density at radius 2 is 2.06 bits per heavy atom. The molecule has 0 saturated heterocycles. The summed E-state index contributed by atoms with van der Waals surface area (Å²) in [6.45, 7) is 10.1. The van der Waals surface area contributed by atoms with Crippen LogP contribution in [0.5, 0.6) is 0 Å². The number of anilines is 1. The highest BCUT2D eigenvalue weighted by atomic mass is 79.9. The number of rotatable bonds is 5. The summed E-state index contributed by atoms with van der Waals surface area (Å²) in [7, 11) is 0. The molecule has 0 saturated carbocycles. The lowest BCUT2D eigenvalue weighted by molar-refractivity contribution is 0.306. The van der Waals surface area contributed by atoms with Crippen molar-refractivity contribution in [2.75, 3.05) is 11.9 Å². The molecule has 2 nitrogen and oxygen atoms in total. The van der Waals surface area contributed by atoms with Crippen molar-refractivity contribution < 1.29 is 0 Å². The Kier molecular flexibility index (Phi) is 4.78. The Hall–Kier alpha value is -0.570. The summed E-state index contributed by atoms with van der Waals surface area (Å²) < 4.78 is 1.01. The monoisotopic (exact) mass is 284 g/mol. The minimum Gasteiger partial charge on any atom is -0.370 e. The number of nitrogens with zero attached hydrogens (tertiary/aromatic N) is 1. The van der Waals surface area contributed by atoms with Gasteiger partial charge in [0.2, 0.25) is 0 Å². The summed E-state index contributed by atoms with van der Waals surface area (Å²) in [5, 5.41) is 3.39. The number of nitrogens with one attached hydrogen (secondary N) is 1. The Balaban J connectivity index is 2.47. The minimum atomic E-state index is 0.308. The summed E-state index contributed by atoms with van der Waals surface area (Å²) in [5.41, 5.74) is 0.308. The molecule has 0 radical (unpaired) electrons. The predicted molar refractivity (Wildman–Crippen MR) is 73.7 cm³/mol. The van der Waals surface area contributed by atoms with Crippen molar-refractivity contribution >= 4 is 21.7 Å². The molecule has 1 aromatic rings. The van der Waals surface area contributed by atoms with Gasteiger partial charge in [0.1, 0.15) is 5.82 Å². The first-order valence-corrected chi connectivity index (χ1v) is 6.54. The third kappa shape index (κ3) is 4.97. The molecule has 0 aliphatic heterocycles. The van der Waals surface area contributed by atoms with Crippen LogP contribution in [0.1, 0.15) is 34.1 Å². The Bertz CT molecular complexity index is 317. The second-order valence-corrected chi connectivity index (χ2v) is 6.39. The number of halogens is 1. The second kappa shape index (κ2) is 5.67. The summed E-state index contributed by atoms with van der Waals surface area (Å²) in [4.78, 5) is 4.30. The van der Waals surface area contributed by atoms with Crippen LogP contribution in [0.3, 0.4) is 0 Å². The Labute approximate surface area is 107 Å². The zero-order valence-electron chi connectivity index (χ0n) is 10.5. The smallest absolute Gasteiger partial charge is 0.125 e. The molecule has 0 unspecified atom stereocenters. The van der Waals surface area contributed by atoms with Crippen LogP contribution in [0.4, 0.5) is 5.82 Å². The summed E-state index contributed by atoms with van der Waals surface area (Å²) >= 11 is 3.38. The molecule has 1 N–H and O–H groups in total. The highest BCUT2D eigenvalue weighted by Gasteiger charge is 2.19. The van der Waals surface area contributed by atoms with E-state index in [1.807, 2.05) is 18.3 Å². The van der Waals surface area contributed by atoms with E-state index in [1.54, 1.807) is 0 Å². The highest BCUT2D eigenvalue weighted by molar-refractivity contribution is 9.10. The molecule has 1 heterocycles. The van der Waals surface area contributed by atoms with Crippen LogP contribution in [-0.2, 0) is 0 Å². The van der Waals surface area contributed by atoms with Crippen molar-refractivity contribution in [3.8, 4) is 0 Å². The molecule has 1 aromatic heterocycles. The first-order valence-electron chi connectivity index (χ1n) is 5.74. The van der Waals surface area contributed by atoms with Gasteiger partial charge in [-0.1, -0.05) is 27.7 Å². The fraction of sp³-hybridized carbons (Fsp3) is 0.615. The van der Waals surface area contributed by atoms with E-state index in [-0.39, 0.29) is 0 Å². The van der Waals surface area contributed by atoms with Crippen LogP contribution in [0.25, 0.3) is 0 Å². The fourth-order valence-electron chi connectivity index (χ4n) is 1.99. The van der Waals surface area contributed by atoms with Crippen LogP contribution >= 0.6 is 15.9 Å². The molecule has 3 heteroatoms. The van der Waals surface area contributed by atoms with Gasteiger partial charge in [-0.2, -0.15) is 0 Å². The lowest BCUT2D eigenvalue weighted by Crippen LogP contribution is -2.25. The molecule has 0 bridgehead atoms. The molecule has 90 valence electrons. The van der Waals surface area contributed by atoms with Gasteiger partial charge in [0.15, 0.2) is 0 Å². The van der Waals surface area contributed by atoms with E-state index >= 15 is 0 Å². The number of hydrogen-bond donors (Lipinski definition) is 1. The first-order chi connectivity index (χ1) is 7.39. The van der Waals surface area contributed by atoms with Crippen LogP contribution in [0.2, 0.25) is 0 Å². The first kappa shape index (κ1) is 13.5. The SMILES string of the molecule is CC(C)CC(C)(C)CNc1ccc(Br)cn1. The van der Waals surface area contributed by atoms with Crippen LogP contribution in [-0.4, -0.2) is 11.5 Å². The second-order valence-electron chi connectivity index (χ2n) is 5.48. The summed E-state index contributed by atoms with van der Waals surface area (Å²) in [5.74, 6) is 1.68. The number of aromatic nitrogens is 1. The molecule has 0 aliphatic carbocycles. The standard InChI is InChI=1S/C13H21BrN2/c1-10(2)7-13(3,4)9-16-12-6-5-11(14)8-15-12/h5-6,8,10H,7,9H2,1-4H3,(H,15,16). The van der Waals surface area contributed by atoms with Crippen molar-refractivity contribution in [1.29, 1.82) is 0 Å². The van der Waals surface area contributed by atoms with Crippen molar-refractivity contribution in [2.45, 2.75) is 34.1 Å². The molecule has 0 spiro atoms. The van der Waals surface area contributed by atoms with E-state index in [1.165, 1.54) is 6.42 Å². The zero-order chi connectivity index (χ0) is 12.2. The van der Waals surface area contributed by atoms with E-state index in [0.717, 1.165) is 22.8 Å². The molecule has 0 fully saturated rings. The maximum atomic E-state index is 4.30. The molecular formula is C13H21BrN2. The van der Waals surface area contributed by atoms with Crippen LogP contribution in [0, 0.1) is 11.3 Å². The largest absolute Gasteiger partial charge is 0.370 e. The van der Waals surface area contributed by atoms with E-state index in [9.17, 15) is 0 Å². The average molecular weight is 285 g/mol. The van der Waals surface area contributed by atoms with Crippen LogP contribution in [0.15, 0.2) is 22.8 Å². The maximum Gasteiger partial charge on any atom is 0.125 e. The summed E-state index contributed by atoms with van der Waals surface area (Å²) in [6.07, 6.45) is 3.04. The third-order valence-corrected chi connectivity index (χ3v) is 2.91. The molecule has 0 amide bonds. The highest BCUT2D eigenvalue weighted by Crippen LogP contribution is 2.25. The van der Waals surface area contributed by atoms with Crippen molar-refractivity contribution in [2.24, 2.45) is 11.3 Å². The van der Waals surface area contributed by atoms with Gasteiger partial charge in [0.05, 0.1) is 0 Å². The lowest BCUT2D eigenvalue weighted by Gasteiger charge is -2.27. The van der Waals surface area contributed by atoms with Gasteiger partial charge in [0, 0.05) is 17.2 Å². The topological polar surface area (TPSA) is 24.9 Å². The quantitative estimate of drug-likeness (QED) is 0.871. The van der Waals surface area contributed by atoms with E-state index in [4.69, 9.17) is 0 Å². The Morgan fingerprint density at radius 3 is 2.56 bits per heavy atom.